The Morgan fingerprint density at radius 2 is 2.05 bits per heavy atom. The number of hydrogen-bond acceptors (Lipinski definition) is 2. The van der Waals surface area contributed by atoms with Gasteiger partial charge in [-0.1, -0.05) is 13.8 Å². The highest BCUT2D eigenvalue weighted by molar-refractivity contribution is 5.92. The first kappa shape index (κ1) is 13.2. The Bertz CT molecular complexity index is 668. The molecule has 0 saturated heterocycles. The van der Waals surface area contributed by atoms with Crippen molar-refractivity contribution in [1.29, 1.82) is 0 Å². The Morgan fingerprint density at radius 1 is 1.35 bits per heavy atom. The van der Waals surface area contributed by atoms with Crippen LogP contribution in [0, 0.1) is 5.92 Å². The maximum Gasteiger partial charge on any atom is 0.335 e. The van der Waals surface area contributed by atoms with Gasteiger partial charge >= 0.3 is 5.97 Å². The fraction of sp³-hybridized carbons (Fsp3) is 0.500. The first-order valence-corrected chi connectivity index (χ1v) is 7.24. The number of aromatic nitrogens is 2. The first-order chi connectivity index (χ1) is 9.49. The fourth-order valence-electron chi connectivity index (χ4n) is 2.60. The van der Waals surface area contributed by atoms with Gasteiger partial charge in [0.25, 0.3) is 0 Å². The van der Waals surface area contributed by atoms with Crippen molar-refractivity contribution in [2.24, 2.45) is 5.92 Å². The standard InChI is InChI=1S/C16H20N2O2/c1-9(2)10(3)18-14-8-12(16(19)20)6-7-13(14)17-15(18)11-4-5-11/h6-11H,4-5H2,1-3H3,(H,19,20). The molecule has 3 rings (SSSR count). The zero-order valence-corrected chi connectivity index (χ0v) is 12.1. The Labute approximate surface area is 118 Å². The third-order valence-electron chi connectivity index (χ3n) is 4.28. The van der Waals surface area contributed by atoms with Gasteiger partial charge in [-0.15, -0.1) is 0 Å². The molecule has 0 radical (unpaired) electrons. The number of carbonyl (C=O) groups is 1. The highest BCUT2D eigenvalue weighted by Crippen LogP contribution is 2.42. The average molecular weight is 272 g/mol. The molecule has 106 valence electrons. The molecule has 1 heterocycles. The van der Waals surface area contributed by atoms with E-state index in [-0.39, 0.29) is 0 Å². The van der Waals surface area contributed by atoms with E-state index in [2.05, 4.69) is 25.3 Å². The van der Waals surface area contributed by atoms with Crippen molar-refractivity contribution < 1.29 is 9.90 Å². The van der Waals surface area contributed by atoms with E-state index < -0.39 is 5.97 Å². The Morgan fingerprint density at radius 3 is 2.60 bits per heavy atom. The summed E-state index contributed by atoms with van der Waals surface area (Å²) in [5.74, 6) is 1.28. The number of hydrogen-bond donors (Lipinski definition) is 1. The molecule has 1 fully saturated rings. The van der Waals surface area contributed by atoms with Crippen LogP contribution in [-0.4, -0.2) is 20.6 Å². The lowest BCUT2D eigenvalue weighted by molar-refractivity contribution is 0.0697. The monoisotopic (exact) mass is 272 g/mol. The van der Waals surface area contributed by atoms with Crippen LogP contribution >= 0.6 is 0 Å². The second-order valence-corrected chi connectivity index (χ2v) is 6.11. The molecule has 0 bridgehead atoms. The summed E-state index contributed by atoms with van der Waals surface area (Å²) in [6.07, 6.45) is 2.39. The molecule has 0 spiro atoms. The van der Waals surface area contributed by atoms with Gasteiger partial charge in [-0.25, -0.2) is 9.78 Å². The largest absolute Gasteiger partial charge is 0.478 e. The van der Waals surface area contributed by atoms with Crippen LogP contribution in [0.5, 0.6) is 0 Å². The van der Waals surface area contributed by atoms with Gasteiger partial charge in [0.1, 0.15) is 5.82 Å². The Balaban J connectivity index is 2.22. The second-order valence-electron chi connectivity index (χ2n) is 6.11. The topological polar surface area (TPSA) is 55.1 Å². The van der Waals surface area contributed by atoms with Crippen molar-refractivity contribution in [3.8, 4) is 0 Å². The SMILES string of the molecule is CC(C)C(C)n1c(C2CC2)nc2ccc(C(=O)O)cc21. The Kier molecular flexibility index (Phi) is 3.04. The number of fused-ring (bicyclic) bond motifs is 1. The third kappa shape index (κ3) is 2.09. The third-order valence-corrected chi connectivity index (χ3v) is 4.28. The Hall–Kier alpha value is -1.84. The maximum atomic E-state index is 11.2. The number of benzene rings is 1. The summed E-state index contributed by atoms with van der Waals surface area (Å²) in [7, 11) is 0. The molecule has 4 heteroatoms. The van der Waals surface area contributed by atoms with Crippen LogP contribution < -0.4 is 0 Å². The number of carboxylic acid groups (broad SMARTS) is 1. The fourth-order valence-corrected chi connectivity index (χ4v) is 2.60. The van der Waals surface area contributed by atoms with Gasteiger partial charge in [0.15, 0.2) is 0 Å². The molecular weight excluding hydrogens is 252 g/mol. The van der Waals surface area contributed by atoms with Crippen molar-refractivity contribution in [3.05, 3.63) is 29.6 Å². The zero-order chi connectivity index (χ0) is 14.4. The lowest BCUT2D eigenvalue weighted by Gasteiger charge is -2.21. The maximum absolute atomic E-state index is 11.2. The molecule has 1 N–H and O–H groups in total. The summed E-state index contributed by atoms with van der Waals surface area (Å²) in [6, 6.07) is 5.54. The second kappa shape index (κ2) is 4.62. The molecule has 2 aromatic rings. The van der Waals surface area contributed by atoms with Gasteiger partial charge in [-0.2, -0.15) is 0 Å². The molecular formula is C16H20N2O2. The number of imidazole rings is 1. The zero-order valence-electron chi connectivity index (χ0n) is 12.1. The van der Waals surface area contributed by atoms with Crippen molar-refractivity contribution in [2.45, 2.75) is 45.6 Å². The van der Waals surface area contributed by atoms with Crippen LogP contribution in [0.2, 0.25) is 0 Å². The number of nitrogens with zero attached hydrogens (tertiary/aromatic N) is 2. The predicted octanol–water partition coefficient (Wildman–Crippen LogP) is 3.83. The summed E-state index contributed by atoms with van der Waals surface area (Å²) in [5, 5.41) is 9.18. The van der Waals surface area contributed by atoms with E-state index in [1.54, 1.807) is 12.1 Å². The van der Waals surface area contributed by atoms with Crippen molar-refractivity contribution >= 4 is 17.0 Å². The number of aromatic carboxylic acids is 1. The lowest BCUT2D eigenvalue weighted by Crippen LogP contribution is -2.14. The minimum atomic E-state index is -0.884. The molecule has 1 saturated carbocycles. The molecule has 1 aromatic heterocycles. The molecule has 4 nitrogen and oxygen atoms in total. The molecule has 0 amide bonds. The number of carboxylic acids is 1. The van der Waals surface area contributed by atoms with E-state index >= 15 is 0 Å². The van der Waals surface area contributed by atoms with Crippen LogP contribution in [-0.2, 0) is 0 Å². The predicted molar refractivity (Wildman–Crippen MR) is 78.2 cm³/mol. The molecule has 1 aromatic carbocycles. The minimum absolute atomic E-state index is 0.319. The van der Waals surface area contributed by atoms with E-state index in [4.69, 9.17) is 4.98 Å². The highest BCUT2D eigenvalue weighted by Gasteiger charge is 2.31. The summed E-state index contributed by atoms with van der Waals surface area (Å²) in [4.78, 5) is 15.9. The van der Waals surface area contributed by atoms with E-state index in [9.17, 15) is 9.90 Å². The van der Waals surface area contributed by atoms with E-state index in [1.165, 1.54) is 12.8 Å². The van der Waals surface area contributed by atoms with Gasteiger partial charge in [0.2, 0.25) is 0 Å². The van der Waals surface area contributed by atoms with Gasteiger partial charge in [0, 0.05) is 12.0 Å². The molecule has 20 heavy (non-hydrogen) atoms. The molecule has 0 aliphatic heterocycles. The van der Waals surface area contributed by atoms with Gasteiger partial charge in [-0.3, -0.25) is 0 Å². The summed E-state index contributed by atoms with van der Waals surface area (Å²) < 4.78 is 2.25. The molecule has 1 aliphatic rings. The normalized spacial score (nSPS) is 16.8. The van der Waals surface area contributed by atoms with Crippen LogP contribution in [0.1, 0.15) is 61.8 Å². The van der Waals surface area contributed by atoms with Crippen LogP contribution in [0.25, 0.3) is 11.0 Å². The van der Waals surface area contributed by atoms with Crippen LogP contribution in [0.3, 0.4) is 0 Å². The van der Waals surface area contributed by atoms with E-state index in [0.717, 1.165) is 16.9 Å². The summed E-state index contributed by atoms with van der Waals surface area (Å²) in [6.45, 7) is 6.56. The van der Waals surface area contributed by atoms with E-state index in [0.29, 0.717) is 23.4 Å². The quantitative estimate of drug-likeness (QED) is 0.920. The molecule has 1 atom stereocenters. The van der Waals surface area contributed by atoms with Crippen LogP contribution in [0.15, 0.2) is 18.2 Å². The average Bonchev–Trinajstić information content (AvgIpc) is 3.17. The highest BCUT2D eigenvalue weighted by atomic mass is 16.4. The van der Waals surface area contributed by atoms with Gasteiger partial charge < -0.3 is 9.67 Å². The number of rotatable bonds is 4. The molecule has 1 aliphatic carbocycles. The van der Waals surface area contributed by atoms with E-state index in [1.807, 2.05) is 6.07 Å². The van der Waals surface area contributed by atoms with Gasteiger partial charge in [-0.05, 0) is 43.9 Å². The summed E-state index contributed by atoms with van der Waals surface area (Å²) in [5.41, 5.74) is 2.19. The smallest absolute Gasteiger partial charge is 0.335 e. The first-order valence-electron chi connectivity index (χ1n) is 7.24. The van der Waals surface area contributed by atoms with Crippen molar-refractivity contribution in [3.63, 3.8) is 0 Å². The lowest BCUT2D eigenvalue weighted by atomic mass is 10.1. The van der Waals surface area contributed by atoms with Gasteiger partial charge in [0.05, 0.1) is 16.6 Å². The summed E-state index contributed by atoms with van der Waals surface area (Å²) >= 11 is 0. The van der Waals surface area contributed by atoms with Crippen molar-refractivity contribution in [1.82, 2.24) is 9.55 Å². The molecule has 1 unspecified atom stereocenters. The van der Waals surface area contributed by atoms with Crippen molar-refractivity contribution in [2.75, 3.05) is 0 Å². The minimum Gasteiger partial charge on any atom is -0.478 e. The van der Waals surface area contributed by atoms with Crippen LogP contribution in [0.4, 0.5) is 0 Å².